The zero-order chi connectivity index (χ0) is 16.0. The molecule has 0 radical (unpaired) electrons. The van der Waals surface area contributed by atoms with Crippen LogP contribution < -0.4 is 0 Å². The summed E-state index contributed by atoms with van der Waals surface area (Å²) in [6.07, 6.45) is 7.56. The van der Waals surface area contributed by atoms with E-state index in [0.717, 1.165) is 0 Å². The molecular formula is C19H36N2. The highest BCUT2D eigenvalue weighted by Crippen LogP contribution is 2.35. The van der Waals surface area contributed by atoms with Gasteiger partial charge in [0.15, 0.2) is 0 Å². The van der Waals surface area contributed by atoms with Crippen LogP contribution in [-0.2, 0) is 5.41 Å². The lowest BCUT2D eigenvalue weighted by atomic mass is 9.81. The molecule has 1 heterocycles. The van der Waals surface area contributed by atoms with Crippen LogP contribution in [0.4, 0.5) is 0 Å². The van der Waals surface area contributed by atoms with Gasteiger partial charge in [0.1, 0.15) is 5.82 Å². The summed E-state index contributed by atoms with van der Waals surface area (Å²) in [5, 5.41) is 0. The van der Waals surface area contributed by atoms with Gasteiger partial charge in [0.25, 0.3) is 0 Å². The van der Waals surface area contributed by atoms with Crippen LogP contribution >= 0.6 is 0 Å². The summed E-state index contributed by atoms with van der Waals surface area (Å²) in [5.41, 5.74) is 2.84. The summed E-state index contributed by atoms with van der Waals surface area (Å²) in [5.74, 6) is 2.24. The molecule has 1 N–H and O–H groups in total. The molecule has 0 aliphatic heterocycles. The van der Waals surface area contributed by atoms with Gasteiger partial charge in [0, 0.05) is 17.0 Å². The van der Waals surface area contributed by atoms with Gasteiger partial charge in [-0.15, -0.1) is 0 Å². The molecule has 1 aromatic heterocycles. The monoisotopic (exact) mass is 292 g/mol. The molecule has 1 aromatic rings. The van der Waals surface area contributed by atoms with E-state index in [-0.39, 0.29) is 5.41 Å². The minimum atomic E-state index is 0.176. The lowest BCUT2D eigenvalue weighted by molar-refractivity contribution is 0.434. The number of hydrogen-bond acceptors (Lipinski definition) is 1. The predicted molar refractivity (Wildman–Crippen MR) is 93.2 cm³/mol. The van der Waals surface area contributed by atoms with Crippen LogP contribution in [0.5, 0.6) is 0 Å². The van der Waals surface area contributed by atoms with Gasteiger partial charge in [-0.25, -0.2) is 4.98 Å². The fourth-order valence-corrected chi connectivity index (χ4v) is 3.08. The number of rotatable bonds is 9. The number of aromatic nitrogens is 2. The first kappa shape index (κ1) is 18.3. The van der Waals surface area contributed by atoms with Gasteiger partial charge in [-0.2, -0.15) is 0 Å². The number of nitrogens with zero attached hydrogens (tertiary/aromatic N) is 1. The van der Waals surface area contributed by atoms with Crippen molar-refractivity contribution in [1.82, 2.24) is 9.97 Å². The summed E-state index contributed by atoms with van der Waals surface area (Å²) in [6, 6.07) is 0. The maximum Gasteiger partial charge on any atom is 0.109 e. The minimum absolute atomic E-state index is 0.176. The van der Waals surface area contributed by atoms with E-state index in [4.69, 9.17) is 4.98 Å². The minimum Gasteiger partial charge on any atom is -0.345 e. The number of H-pyrrole nitrogens is 1. The Bertz CT molecular complexity index is 415. The summed E-state index contributed by atoms with van der Waals surface area (Å²) < 4.78 is 0. The van der Waals surface area contributed by atoms with Gasteiger partial charge in [0.2, 0.25) is 0 Å². The topological polar surface area (TPSA) is 28.7 Å². The zero-order valence-corrected chi connectivity index (χ0v) is 15.3. The van der Waals surface area contributed by atoms with Crippen molar-refractivity contribution in [1.29, 1.82) is 0 Å². The molecule has 1 rings (SSSR count). The maximum absolute atomic E-state index is 5.04. The molecule has 0 aliphatic carbocycles. The van der Waals surface area contributed by atoms with Crippen LogP contribution in [0.2, 0.25) is 0 Å². The zero-order valence-electron chi connectivity index (χ0n) is 15.3. The summed E-state index contributed by atoms with van der Waals surface area (Å²) in [6.45, 7) is 16.1. The van der Waals surface area contributed by atoms with Crippen LogP contribution in [0.3, 0.4) is 0 Å². The average Bonchev–Trinajstić information content (AvgIpc) is 2.85. The Kier molecular flexibility index (Phi) is 6.96. The molecular weight excluding hydrogens is 256 g/mol. The second-order valence-electron chi connectivity index (χ2n) is 7.57. The van der Waals surface area contributed by atoms with Crippen molar-refractivity contribution in [2.24, 2.45) is 0 Å². The Labute approximate surface area is 132 Å². The molecule has 21 heavy (non-hydrogen) atoms. The number of unbranched alkanes of at least 4 members (excludes halogenated alkanes) is 2. The smallest absolute Gasteiger partial charge is 0.109 e. The Morgan fingerprint density at radius 1 is 1.05 bits per heavy atom. The number of hydrogen-bond donors (Lipinski definition) is 1. The second-order valence-corrected chi connectivity index (χ2v) is 7.57. The fraction of sp³-hybridized carbons (Fsp3) is 0.842. The van der Waals surface area contributed by atoms with Crippen LogP contribution in [0.1, 0.15) is 116 Å². The van der Waals surface area contributed by atoms with Gasteiger partial charge in [-0.3, -0.25) is 0 Å². The molecule has 0 amide bonds. The van der Waals surface area contributed by atoms with E-state index in [0.29, 0.717) is 11.8 Å². The Hall–Kier alpha value is -0.790. The number of nitrogens with one attached hydrogen (secondary N) is 1. The highest BCUT2D eigenvalue weighted by Gasteiger charge is 2.29. The molecule has 2 nitrogen and oxygen atoms in total. The van der Waals surface area contributed by atoms with E-state index >= 15 is 0 Å². The first-order valence-electron chi connectivity index (χ1n) is 8.93. The van der Waals surface area contributed by atoms with Crippen molar-refractivity contribution >= 4 is 0 Å². The second kappa shape index (κ2) is 8.00. The third-order valence-electron chi connectivity index (χ3n) is 4.56. The SMILES string of the molecule is CCCCCC(C)(C)c1nc(C(C)CCC)[nH]c1C(C)C. The van der Waals surface area contributed by atoms with E-state index in [2.05, 4.69) is 53.5 Å². The Morgan fingerprint density at radius 2 is 1.71 bits per heavy atom. The van der Waals surface area contributed by atoms with Crippen molar-refractivity contribution in [2.75, 3.05) is 0 Å². The first-order valence-corrected chi connectivity index (χ1v) is 8.93. The third kappa shape index (κ3) is 4.86. The van der Waals surface area contributed by atoms with Crippen LogP contribution in [0, 0.1) is 0 Å². The van der Waals surface area contributed by atoms with Gasteiger partial charge in [0.05, 0.1) is 5.69 Å². The van der Waals surface area contributed by atoms with Gasteiger partial charge in [-0.1, -0.05) is 74.1 Å². The third-order valence-corrected chi connectivity index (χ3v) is 4.56. The van der Waals surface area contributed by atoms with E-state index in [9.17, 15) is 0 Å². The molecule has 122 valence electrons. The van der Waals surface area contributed by atoms with Crippen LogP contribution in [0.15, 0.2) is 0 Å². The van der Waals surface area contributed by atoms with E-state index < -0.39 is 0 Å². The van der Waals surface area contributed by atoms with Gasteiger partial charge >= 0.3 is 0 Å². The molecule has 0 fully saturated rings. The molecule has 2 heteroatoms. The van der Waals surface area contributed by atoms with E-state index in [1.54, 1.807) is 0 Å². The fourth-order valence-electron chi connectivity index (χ4n) is 3.08. The van der Waals surface area contributed by atoms with Crippen molar-refractivity contribution in [2.45, 2.75) is 104 Å². The Balaban J connectivity index is 3.03. The molecule has 1 atom stereocenters. The molecule has 1 unspecified atom stereocenters. The highest BCUT2D eigenvalue weighted by molar-refractivity contribution is 5.26. The normalized spacial score (nSPS) is 13.9. The van der Waals surface area contributed by atoms with Crippen LogP contribution in [-0.4, -0.2) is 9.97 Å². The first-order chi connectivity index (χ1) is 9.83. The van der Waals surface area contributed by atoms with Crippen molar-refractivity contribution in [3.05, 3.63) is 17.2 Å². The lowest BCUT2D eigenvalue weighted by Crippen LogP contribution is -2.20. The summed E-state index contributed by atoms with van der Waals surface area (Å²) >= 11 is 0. The maximum atomic E-state index is 5.04. The number of aromatic amines is 1. The molecule has 0 aromatic carbocycles. The lowest BCUT2D eigenvalue weighted by Gasteiger charge is -2.25. The van der Waals surface area contributed by atoms with Crippen LogP contribution in [0.25, 0.3) is 0 Å². The van der Waals surface area contributed by atoms with E-state index in [1.807, 2.05) is 0 Å². The van der Waals surface area contributed by atoms with Gasteiger partial charge < -0.3 is 4.98 Å². The number of imidazole rings is 1. The molecule has 0 aliphatic rings. The molecule has 0 saturated heterocycles. The summed E-state index contributed by atoms with van der Waals surface area (Å²) in [4.78, 5) is 8.70. The molecule has 0 saturated carbocycles. The quantitative estimate of drug-likeness (QED) is 0.532. The summed E-state index contributed by atoms with van der Waals surface area (Å²) in [7, 11) is 0. The highest BCUT2D eigenvalue weighted by atomic mass is 15.0. The largest absolute Gasteiger partial charge is 0.345 e. The van der Waals surface area contributed by atoms with E-state index in [1.165, 1.54) is 55.7 Å². The molecule has 0 bridgehead atoms. The van der Waals surface area contributed by atoms with Crippen molar-refractivity contribution in [3.63, 3.8) is 0 Å². The Morgan fingerprint density at radius 3 is 2.24 bits per heavy atom. The molecule has 0 spiro atoms. The average molecular weight is 293 g/mol. The van der Waals surface area contributed by atoms with Crippen molar-refractivity contribution < 1.29 is 0 Å². The van der Waals surface area contributed by atoms with Gasteiger partial charge in [-0.05, 0) is 18.8 Å². The van der Waals surface area contributed by atoms with Crippen molar-refractivity contribution in [3.8, 4) is 0 Å². The standard InChI is InChI=1S/C19H36N2/c1-8-10-11-13-19(6,7)17-16(14(3)4)20-18(21-17)15(5)12-9-2/h14-15H,8-13H2,1-7H3,(H,20,21). The predicted octanol–water partition coefficient (Wildman–Crippen LogP) is 6.29.